The van der Waals surface area contributed by atoms with Crippen LogP contribution in [0.15, 0.2) is 12.1 Å². The van der Waals surface area contributed by atoms with Crippen LogP contribution >= 0.6 is 0 Å². The molecule has 3 aliphatic heterocycles. The van der Waals surface area contributed by atoms with E-state index in [0.29, 0.717) is 42.1 Å². The van der Waals surface area contributed by atoms with Crippen molar-refractivity contribution in [3.05, 3.63) is 23.3 Å². The van der Waals surface area contributed by atoms with Crippen molar-refractivity contribution < 1.29 is 23.9 Å². The van der Waals surface area contributed by atoms with Crippen LogP contribution in [0.1, 0.15) is 35.7 Å². The molecule has 0 bridgehead atoms. The number of rotatable bonds is 2. The number of hydrogen-bond acceptors (Lipinski definition) is 6. The summed E-state index contributed by atoms with van der Waals surface area (Å²) in [6.45, 7) is 2.43. The third-order valence-electron chi connectivity index (χ3n) is 5.23. The number of ether oxygens (including phenoxy) is 2. The highest BCUT2D eigenvalue weighted by molar-refractivity contribution is 6.04. The molecule has 0 saturated carbocycles. The molecular weight excluding hydrogens is 326 g/mol. The number of nitrogens with zero attached hydrogens (tertiary/aromatic N) is 3. The number of hydrazine groups is 1. The molecule has 1 unspecified atom stereocenters. The average Bonchev–Trinajstić information content (AvgIpc) is 3.03. The minimum absolute atomic E-state index is 0.0564. The van der Waals surface area contributed by atoms with E-state index in [0.717, 1.165) is 0 Å². The number of methoxy groups -OCH3 is 2. The zero-order valence-corrected chi connectivity index (χ0v) is 14.4. The van der Waals surface area contributed by atoms with Gasteiger partial charge in [-0.2, -0.15) is 5.01 Å². The first-order valence-corrected chi connectivity index (χ1v) is 8.15. The second kappa shape index (κ2) is 5.19. The number of amides is 3. The van der Waals surface area contributed by atoms with Gasteiger partial charge in [-0.1, -0.05) is 0 Å². The molecule has 3 heterocycles. The molecule has 1 atom stereocenters. The van der Waals surface area contributed by atoms with Gasteiger partial charge in [-0.15, -0.1) is 0 Å². The molecule has 0 aliphatic carbocycles. The molecule has 8 nitrogen and oxygen atoms in total. The van der Waals surface area contributed by atoms with Gasteiger partial charge in [-0.05, 0) is 18.6 Å². The van der Waals surface area contributed by atoms with Gasteiger partial charge < -0.3 is 14.4 Å². The summed E-state index contributed by atoms with van der Waals surface area (Å²) in [7, 11) is 3.04. The van der Waals surface area contributed by atoms with Gasteiger partial charge >= 0.3 is 0 Å². The summed E-state index contributed by atoms with van der Waals surface area (Å²) in [5.74, 6) is 0.161. The number of carbonyl (C=O) groups is 3. The number of imide groups is 1. The quantitative estimate of drug-likeness (QED) is 0.786. The highest BCUT2D eigenvalue weighted by atomic mass is 16.5. The fraction of sp³-hybridized carbons (Fsp3) is 0.471. The van der Waals surface area contributed by atoms with Crippen molar-refractivity contribution in [1.82, 2.24) is 14.9 Å². The molecule has 25 heavy (non-hydrogen) atoms. The van der Waals surface area contributed by atoms with Crippen molar-refractivity contribution in [1.29, 1.82) is 0 Å². The monoisotopic (exact) mass is 345 g/mol. The minimum atomic E-state index is -0.951. The molecule has 8 heteroatoms. The predicted octanol–water partition coefficient (Wildman–Crippen LogP) is 0.712. The highest BCUT2D eigenvalue weighted by Crippen LogP contribution is 2.52. The lowest BCUT2D eigenvalue weighted by molar-refractivity contribution is -0.172. The summed E-state index contributed by atoms with van der Waals surface area (Å²) in [6.07, 6.45) is 0.744. The van der Waals surface area contributed by atoms with Crippen molar-refractivity contribution in [3.8, 4) is 11.5 Å². The van der Waals surface area contributed by atoms with Crippen LogP contribution < -0.4 is 9.47 Å². The third-order valence-corrected chi connectivity index (χ3v) is 5.23. The molecule has 132 valence electrons. The zero-order valence-electron chi connectivity index (χ0n) is 14.4. The summed E-state index contributed by atoms with van der Waals surface area (Å²) < 4.78 is 10.7. The Bertz CT molecular complexity index is 808. The molecule has 1 aromatic rings. The lowest BCUT2D eigenvalue weighted by Gasteiger charge is -2.47. The molecule has 3 amide bonds. The molecule has 1 aromatic carbocycles. The zero-order chi connectivity index (χ0) is 17.9. The largest absolute Gasteiger partial charge is 0.493 e. The maximum absolute atomic E-state index is 13.0. The highest BCUT2D eigenvalue weighted by Gasteiger charge is 2.63. The van der Waals surface area contributed by atoms with E-state index in [4.69, 9.17) is 9.47 Å². The van der Waals surface area contributed by atoms with Gasteiger partial charge in [0.25, 0.3) is 5.91 Å². The lowest BCUT2D eigenvalue weighted by atomic mass is 9.93. The predicted molar refractivity (Wildman–Crippen MR) is 85.7 cm³/mol. The standard InChI is InChI=1S/C17H19N3O5/c1-10(21)20-15(22)9-17-12-8-14(25-3)13(24-2)7-11(12)16(23)18(17)5-4-6-19(17)20/h7-8H,4-6,9H2,1-3H3. The molecule has 4 rings (SSSR count). The second-order valence-corrected chi connectivity index (χ2v) is 6.40. The summed E-state index contributed by atoms with van der Waals surface area (Å²) >= 11 is 0. The van der Waals surface area contributed by atoms with Crippen molar-refractivity contribution in [2.45, 2.75) is 25.4 Å². The van der Waals surface area contributed by atoms with Crippen LogP contribution in [0.3, 0.4) is 0 Å². The molecular formula is C17H19N3O5. The first-order chi connectivity index (χ1) is 12.0. The van der Waals surface area contributed by atoms with Crippen LogP contribution in [-0.4, -0.2) is 59.9 Å². The van der Waals surface area contributed by atoms with E-state index >= 15 is 0 Å². The number of hydrogen-bond donors (Lipinski definition) is 0. The van der Waals surface area contributed by atoms with Gasteiger partial charge in [-0.3, -0.25) is 14.4 Å². The van der Waals surface area contributed by atoms with Crippen molar-refractivity contribution >= 4 is 17.7 Å². The number of benzene rings is 1. The van der Waals surface area contributed by atoms with Crippen molar-refractivity contribution in [2.24, 2.45) is 0 Å². The molecule has 0 aromatic heterocycles. The Morgan fingerprint density at radius 1 is 1.12 bits per heavy atom. The van der Waals surface area contributed by atoms with Crippen molar-refractivity contribution in [2.75, 3.05) is 27.3 Å². The van der Waals surface area contributed by atoms with Crippen LogP contribution in [-0.2, 0) is 15.3 Å². The third kappa shape index (κ3) is 1.82. The Balaban J connectivity index is 1.96. The van der Waals surface area contributed by atoms with Gasteiger partial charge in [0.05, 0.1) is 26.2 Å². The van der Waals surface area contributed by atoms with Gasteiger partial charge in [0, 0.05) is 25.6 Å². The van der Waals surface area contributed by atoms with Gasteiger partial charge in [0.15, 0.2) is 11.5 Å². The summed E-state index contributed by atoms with van der Waals surface area (Å²) in [4.78, 5) is 39.3. The fourth-order valence-electron chi connectivity index (χ4n) is 4.29. The SMILES string of the molecule is COc1cc2c(cc1OC)C13CC(=O)N(C(C)=O)N1CCCN3C2=O. The topological polar surface area (TPSA) is 79.4 Å². The maximum Gasteiger partial charge on any atom is 0.256 e. The van der Waals surface area contributed by atoms with E-state index < -0.39 is 5.66 Å². The van der Waals surface area contributed by atoms with Crippen LogP contribution in [0, 0.1) is 0 Å². The smallest absolute Gasteiger partial charge is 0.256 e. The van der Waals surface area contributed by atoms with E-state index in [2.05, 4.69) is 0 Å². The van der Waals surface area contributed by atoms with Crippen LogP contribution in [0.4, 0.5) is 0 Å². The van der Waals surface area contributed by atoms with E-state index in [1.54, 1.807) is 22.0 Å². The van der Waals surface area contributed by atoms with Gasteiger partial charge in [-0.25, -0.2) is 5.01 Å². The van der Waals surface area contributed by atoms with E-state index in [1.165, 1.54) is 26.2 Å². The molecule has 2 saturated heterocycles. The Labute approximate surface area is 144 Å². The average molecular weight is 345 g/mol. The molecule has 2 fully saturated rings. The van der Waals surface area contributed by atoms with Crippen molar-refractivity contribution in [3.63, 3.8) is 0 Å². The Kier molecular flexibility index (Phi) is 3.30. The second-order valence-electron chi connectivity index (χ2n) is 6.40. The first kappa shape index (κ1) is 15.9. The number of carbonyl (C=O) groups excluding carboxylic acids is 3. The maximum atomic E-state index is 13.0. The van der Waals surface area contributed by atoms with Gasteiger partial charge in [0.1, 0.15) is 5.66 Å². The Morgan fingerprint density at radius 3 is 2.44 bits per heavy atom. The first-order valence-electron chi connectivity index (χ1n) is 8.15. The van der Waals surface area contributed by atoms with Crippen LogP contribution in [0.2, 0.25) is 0 Å². The van der Waals surface area contributed by atoms with Crippen LogP contribution in [0.25, 0.3) is 0 Å². The lowest BCUT2D eigenvalue weighted by Crippen LogP contribution is -2.61. The van der Waals surface area contributed by atoms with E-state index in [-0.39, 0.29) is 24.1 Å². The Morgan fingerprint density at radius 2 is 1.80 bits per heavy atom. The molecule has 0 N–H and O–H groups in total. The van der Waals surface area contributed by atoms with E-state index in [1.807, 2.05) is 0 Å². The summed E-state index contributed by atoms with van der Waals surface area (Å²) in [5, 5.41) is 2.90. The number of fused-ring (bicyclic) bond motifs is 1. The normalized spacial score (nSPS) is 24.9. The Hall–Kier alpha value is -2.61. The molecule has 1 spiro atoms. The fourth-order valence-corrected chi connectivity index (χ4v) is 4.29. The van der Waals surface area contributed by atoms with E-state index in [9.17, 15) is 14.4 Å². The molecule has 3 aliphatic rings. The summed E-state index contributed by atoms with van der Waals surface area (Å²) in [6, 6.07) is 3.41. The van der Waals surface area contributed by atoms with Crippen LogP contribution in [0.5, 0.6) is 11.5 Å². The summed E-state index contributed by atoms with van der Waals surface area (Å²) in [5.41, 5.74) is 0.224. The minimum Gasteiger partial charge on any atom is -0.493 e. The molecule has 0 radical (unpaired) electrons. The van der Waals surface area contributed by atoms with Gasteiger partial charge in [0.2, 0.25) is 11.8 Å².